The number of thiocarbonyl (C=S) groups is 1. The predicted octanol–water partition coefficient (Wildman–Crippen LogP) is 2.01. The van der Waals surface area contributed by atoms with E-state index in [0.29, 0.717) is 16.1 Å². The molecule has 2 amide bonds. The molecule has 0 saturated carbocycles. The second-order valence-corrected chi connectivity index (χ2v) is 8.50. The van der Waals surface area contributed by atoms with Gasteiger partial charge in [0.15, 0.2) is 0 Å². The van der Waals surface area contributed by atoms with Crippen LogP contribution in [0.5, 0.6) is 0 Å². The van der Waals surface area contributed by atoms with Crippen LogP contribution in [-0.2, 0) is 16.0 Å². The van der Waals surface area contributed by atoms with Gasteiger partial charge in [-0.3, -0.25) is 14.5 Å². The smallest absolute Gasteiger partial charge is 0.242 e. The van der Waals surface area contributed by atoms with E-state index in [1.165, 1.54) is 22.2 Å². The number of hydrogen-bond acceptors (Lipinski definition) is 5. The van der Waals surface area contributed by atoms with Gasteiger partial charge in [-0.1, -0.05) is 54.3 Å². The number of piperidine rings is 1. The summed E-state index contributed by atoms with van der Waals surface area (Å²) in [5.41, 5.74) is 1.33. The van der Waals surface area contributed by atoms with Gasteiger partial charge in [-0.25, -0.2) is 0 Å². The number of carbonyl (C=O) groups is 2. The van der Waals surface area contributed by atoms with E-state index in [0.717, 1.165) is 38.9 Å². The highest BCUT2D eigenvalue weighted by Gasteiger charge is 2.32. The minimum atomic E-state index is -0.0538. The fourth-order valence-electron chi connectivity index (χ4n) is 3.44. The molecule has 1 aromatic rings. The predicted molar refractivity (Wildman–Crippen MR) is 109 cm³/mol. The molecule has 0 radical (unpaired) electrons. The number of nitrogens with zero attached hydrogens (tertiary/aromatic N) is 3. The Kier molecular flexibility index (Phi) is 6.67. The molecule has 140 valence electrons. The molecule has 1 aromatic carbocycles. The number of amides is 2. The van der Waals surface area contributed by atoms with Crippen molar-refractivity contribution in [1.29, 1.82) is 0 Å². The largest absolute Gasteiger partial charge is 0.340 e. The van der Waals surface area contributed by atoms with Crippen molar-refractivity contribution in [2.24, 2.45) is 0 Å². The highest BCUT2D eigenvalue weighted by molar-refractivity contribution is 8.23. The summed E-state index contributed by atoms with van der Waals surface area (Å²) >= 11 is 6.51. The molecular formula is C19H25N3O2S2. The molecule has 0 N–H and O–H groups in total. The Morgan fingerprint density at radius 1 is 1.35 bits per heavy atom. The molecule has 2 aliphatic rings. The molecule has 1 atom stereocenters. The number of carbonyl (C=O) groups excluding carboxylic acids is 2. The first kappa shape index (κ1) is 19.3. The van der Waals surface area contributed by atoms with Gasteiger partial charge >= 0.3 is 0 Å². The van der Waals surface area contributed by atoms with E-state index in [1.807, 2.05) is 11.0 Å². The van der Waals surface area contributed by atoms with Gasteiger partial charge < -0.3 is 9.80 Å². The Morgan fingerprint density at radius 3 is 2.81 bits per heavy atom. The second-order valence-electron chi connectivity index (χ2n) is 6.89. The Bertz CT molecular complexity index is 652. The number of hydrogen-bond donors (Lipinski definition) is 0. The molecule has 3 rings (SSSR count). The van der Waals surface area contributed by atoms with Crippen LogP contribution in [0.15, 0.2) is 30.3 Å². The molecular weight excluding hydrogens is 366 g/mol. The lowest BCUT2D eigenvalue weighted by Gasteiger charge is -2.38. The van der Waals surface area contributed by atoms with E-state index >= 15 is 0 Å². The van der Waals surface area contributed by atoms with Gasteiger partial charge in [-0.2, -0.15) is 0 Å². The minimum Gasteiger partial charge on any atom is -0.340 e. The van der Waals surface area contributed by atoms with E-state index in [2.05, 4.69) is 36.2 Å². The average Bonchev–Trinajstić information content (AvgIpc) is 2.99. The zero-order chi connectivity index (χ0) is 18.5. The average molecular weight is 392 g/mol. The number of likely N-dealkylation sites (N-methyl/N-ethyl adjacent to an activating group) is 1. The summed E-state index contributed by atoms with van der Waals surface area (Å²) in [7, 11) is 2.14. The molecule has 2 fully saturated rings. The van der Waals surface area contributed by atoms with Crippen molar-refractivity contribution in [2.75, 3.05) is 39.0 Å². The number of rotatable bonds is 6. The molecule has 2 aliphatic heterocycles. The molecule has 26 heavy (non-hydrogen) atoms. The lowest BCUT2D eigenvalue weighted by Crippen LogP contribution is -2.51. The first-order chi connectivity index (χ1) is 12.5. The topological polar surface area (TPSA) is 43.9 Å². The SMILES string of the molecule is CN(CCc1ccccc1)[C@H]1CCCN(C(=O)CN2C(=O)CSC2=S)C1. The summed E-state index contributed by atoms with van der Waals surface area (Å²) in [6, 6.07) is 10.8. The van der Waals surface area contributed by atoms with Crippen molar-refractivity contribution in [3.8, 4) is 0 Å². The second kappa shape index (κ2) is 8.97. The third kappa shape index (κ3) is 4.84. The van der Waals surface area contributed by atoms with E-state index in [9.17, 15) is 9.59 Å². The van der Waals surface area contributed by atoms with Gasteiger partial charge in [0.05, 0.1) is 5.75 Å². The van der Waals surface area contributed by atoms with E-state index < -0.39 is 0 Å². The maximum atomic E-state index is 12.6. The van der Waals surface area contributed by atoms with Crippen LogP contribution in [0.1, 0.15) is 18.4 Å². The summed E-state index contributed by atoms with van der Waals surface area (Å²) < 4.78 is 0.525. The maximum Gasteiger partial charge on any atom is 0.242 e. The molecule has 0 unspecified atom stereocenters. The third-order valence-electron chi connectivity index (χ3n) is 5.10. The summed E-state index contributed by atoms with van der Waals surface area (Å²) in [6.07, 6.45) is 3.11. The van der Waals surface area contributed by atoms with E-state index in [1.54, 1.807) is 0 Å². The first-order valence-electron chi connectivity index (χ1n) is 9.03. The van der Waals surface area contributed by atoms with Crippen molar-refractivity contribution in [2.45, 2.75) is 25.3 Å². The van der Waals surface area contributed by atoms with Crippen molar-refractivity contribution >= 4 is 40.1 Å². The van der Waals surface area contributed by atoms with Crippen LogP contribution in [0, 0.1) is 0 Å². The van der Waals surface area contributed by atoms with Crippen molar-refractivity contribution in [3.63, 3.8) is 0 Å². The zero-order valence-corrected chi connectivity index (χ0v) is 16.7. The minimum absolute atomic E-state index is 0.00404. The number of thioether (sulfide) groups is 1. The van der Waals surface area contributed by atoms with E-state index in [4.69, 9.17) is 12.2 Å². The van der Waals surface area contributed by atoms with Gasteiger partial charge in [0.25, 0.3) is 0 Å². The normalized spacial score (nSPS) is 20.9. The molecule has 0 bridgehead atoms. The highest BCUT2D eigenvalue weighted by Crippen LogP contribution is 2.20. The van der Waals surface area contributed by atoms with Crippen molar-refractivity contribution in [3.05, 3.63) is 35.9 Å². The van der Waals surface area contributed by atoms with Gasteiger partial charge in [-0.05, 0) is 31.9 Å². The fourth-order valence-corrected chi connectivity index (χ4v) is 4.51. The summed E-state index contributed by atoms with van der Waals surface area (Å²) in [6.45, 7) is 2.56. The highest BCUT2D eigenvalue weighted by atomic mass is 32.2. The number of likely N-dealkylation sites (tertiary alicyclic amines) is 1. The lowest BCUT2D eigenvalue weighted by atomic mass is 10.0. The molecule has 0 spiro atoms. The summed E-state index contributed by atoms with van der Waals surface area (Å²) in [5, 5.41) is 0. The molecule has 2 saturated heterocycles. The summed E-state index contributed by atoms with van der Waals surface area (Å²) in [5.74, 6) is 0.308. The van der Waals surface area contributed by atoms with Crippen LogP contribution in [0.25, 0.3) is 0 Å². The quantitative estimate of drug-likeness (QED) is 0.694. The van der Waals surface area contributed by atoms with Gasteiger partial charge in [-0.15, -0.1) is 0 Å². The fraction of sp³-hybridized carbons (Fsp3) is 0.526. The standard InChI is InChI=1S/C19H25N3O2S2/c1-20(11-9-15-6-3-2-4-7-15)16-8-5-10-21(12-16)17(23)13-22-18(24)14-26-19(22)25/h2-4,6-7,16H,5,8-14H2,1H3/t16-/m0/s1. The van der Waals surface area contributed by atoms with Crippen LogP contribution >= 0.6 is 24.0 Å². The zero-order valence-electron chi connectivity index (χ0n) is 15.1. The van der Waals surface area contributed by atoms with Crippen molar-refractivity contribution in [1.82, 2.24) is 14.7 Å². The van der Waals surface area contributed by atoms with Crippen LogP contribution in [-0.4, -0.2) is 75.9 Å². The van der Waals surface area contributed by atoms with Crippen LogP contribution in [0.2, 0.25) is 0 Å². The first-order valence-corrected chi connectivity index (χ1v) is 10.4. The number of benzene rings is 1. The Balaban J connectivity index is 1.50. The third-order valence-corrected chi connectivity index (χ3v) is 6.54. The van der Waals surface area contributed by atoms with E-state index in [-0.39, 0.29) is 18.4 Å². The van der Waals surface area contributed by atoms with Crippen molar-refractivity contribution < 1.29 is 9.59 Å². The summed E-state index contributed by atoms with van der Waals surface area (Å²) in [4.78, 5) is 30.2. The molecule has 0 aromatic heterocycles. The molecule has 2 heterocycles. The Labute approximate surface area is 164 Å². The van der Waals surface area contributed by atoms with Crippen LogP contribution < -0.4 is 0 Å². The van der Waals surface area contributed by atoms with Gasteiger partial charge in [0.2, 0.25) is 11.8 Å². The Morgan fingerprint density at radius 2 is 2.12 bits per heavy atom. The van der Waals surface area contributed by atoms with Crippen LogP contribution in [0.3, 0.4) is 0 Å². The monoisotopic (exact) mass is 391 g/mol. The molecule has 0 aliphatic carbocycles. The molecule has 5 nitrogen and oxygen atoms in total. The molecule has 7 heteroatoms. The van der Waals surface area contributed by atoms with Gasteiger partial charge in [0, 0.05) is 25.7 Å². The van der Waals surface area contributed by atoms with Gasteiger partial charge in [0.1, 0.15) is 10.9 Å². The maximum absolute atomic E-state index is 12.6. The van der Waals surface area contributed by atoms with Crippen LogP contribution in [0.4, 0.5) is 0 Å². The lowest BCUT2D eigenvalue weighted by molar-refractivity contribution is -0.137. The Hall–Kier alpha value is -1.44.